The number of hydrogen-bond donors (Lipinski definition) is 0. The summed E-state index contributed by atoms with van der Waals surface area (Å²) in [5.74, 6) is 0.421. The Bertz CT molecular complexity index is 513. The van der Waals surface area contributed by atoms with Gasteiger partial charge in [0.2, 0.25) is 0 Å². The fourth-order valence-electron chi connectivity index (χ4n) is 2.11. The van der Waals surface area contributed by atoms with Crippen molar-refractivity contribution in [3.05, 3.63) is 27.2 Å². The molecular formula is C15H21BBrClO2. The van der Waals surface area contributed by atoms with Crippen LogP contribution in [0, 0.1) is 0 Å². The monoisotopic (exact) mass is 358 g/mol. The molecule has 0 N–H and O–H groups in total. The average Bonchev–Trinajstić information content (AvgIpc) is 2.51. The van der Waals surface area contributed by atoms with E-state index in [1.54, 1.807) is 0 Å². The van der Waals surface area contributed by atoms with Gasteiger partial charge in [-0.3, -0.25) is 0 Å². The SMILES string of the molecule is CC(C)c1cc(Br)c(Cl)c(B2OC(C)(C)C(C)(C)O2)c1. The Balaban J connectivity index is 2.44. The van der Waals surface area contributed by atoms with Gasteiger partial charge in [0.1, 0.15) is 0 Å². The van der Waals surface area contributed by atoms with E-state index in [2.05, 4.69) is 41.9 Å². The first-order chi connectivity index (χ1) is 9.05. The van der Waals surface area contributed by atoms with Crippen molar-refractivity contribution in [1.82, 2.24) is 0 Å². The fourth-order valence-corrected chi connectivity index (χ4v) is 2.80. The summed E-state index contributed by atoms with van der Waals surface area (Å²) in [6.07, 6.45) is 0. The van der Waals surface area contributed by atoms with E-state index in [4.69, 9.17) is 20.9 Å². The molecule has 0 unspecified atom stereocenters. The van der Waals surface area contributed by atoms with Crippen molar-refractivity contribution in [1.29, 1.82) is 0 Å². The first-order valence-corrected chi connectivity index (χ1v) is 8.07. The van der Waals surface area contributed by atoms with Gasteiger partial charge in [-0.15, -0.1) is 0 Å². The van der Waals surface area contributed by atoms with E-state index in [1.165, 1.54) is 5.56 Å². The van der Waals surface area contributed by atoms with Crippen molar-refractivity contribution < 1.29 is 9.31 Å². The lowest BCUT2D eigenvalue weighted by atomic mass is 9.77. The molecule has 1 aliphatic rings. The molecule has 0 spiro atoms. The zero-order chi connectivity index (χ0) is 15.3. The van der Waals surface area contributed by atoms with Crippen LogP contribution in [0.2, 0.25) is 5.02 Å². The highest BCUT2D eigenvalue weighted by Gasteiger charge is 2.52. The average molecular weight is 360 g/mol. The largest absolute Gasteiger partial charge is 0.496 e. The molecule has 0 atom stereocenters. The van der Waals surface area contributed by atoms with Gasteiger partial charge in [-0.2, -0.15) is 0 Å². The third kappa shape index (κ3) is 2.80. The molecule has 1 aromatic rings. The molecule has 110 valence electrons. The van der Waals surface area contributed by atoms with Gasteiger partial charge in [0, 0.05) is 9.94 Å². The highest BCUT2D eigenvalue weighted by molar-refractivity contribution is 9.10. The lowest BCUT2D eigenvalue weighted by molar-refractivity contribution is 0.00578. The maximum absolute atomic E-state index is 6.43. The Morgan fingerprint density at radius 2 is 1.60 bits per heavy atom. The quantitative estimate of drug-likeness (QED) is 0.723. The molecule has 5 heteroatoms. The van der Waals surface area contributed by atoms with Gasteiger partial charge >= 0.3 is 7.12 Å². The van der Waals surface area contributed by atoms with Crippen LogP contribution in [0.1, 0.15) is 53.0 Å². The van der Waals surface area contributed by atoms with Gasteiger partial charge in [0.05, 0.1) is 16.2 Å². The van der Waals surface area contributed by atoms with Crippen LogP contribution in [0.5, 0.6) is 0 Å². The Morgan fingerprint density at radius 3 is 2.05 bits per heavy atom. The van der Waals surface area contributed by atoms with Gasteiger partial charge in [-0.05, 0) is 61.2 Å². The summed E-state index contributed by atoms with van der Waals surface area (Å²) in [4.78, 5) is 0. The third-order valence-electron chi connectivity index (χ3n) is 4.25. The molecule has 1 aliphatic heterocycles. The van der Waals surface area contributed by atoms with Crippen LogP contribution in [0.25, 0.3) is 0 Å². The Morgan fingerprint density at radius 1 is 1.10 bits per heavy atom. The highest BCUT2D eigenvalue weighted by Crippen LogP contribution is 2.38. The van der Waals surface area contributed by atoms with Crippen molar-refractivity contribution in [2.45, 2.75) is 58.7 Å². The molecule has 1 aromatic carbocycles. The molecule has 1 saturated heterocycles. The second-order valence-electron chi connectivity index (χ2n) is 6.65. The van der Waals surface area contributed by atoms with Gasteiger partial charge in [-0.1, -0.05) is 31.5 Å². The van der Waals surface area contributed by atoms with E-state index >= 15 is 0 Å². The summed E-state index contributed by atoms with van der Waals surface area (Å²) in [5.41, 5.74) is 1.39. The van der Waals surface area contributed by atoms with Gasteiger partial charge < -0.3 is 9.31 Å². The van der Waals surface area contributed by atoms with Gasteiger partial charge in [-0.25, -0.2) is 0 Å². The molecule has 0 amide bonds. The van der Waals surface area contributed by atoms with Crippen molar-refractivity contribution in [2.24, 2.45) is 0 Å². The molecule has 0 aromatic heterocycles. The predicted molar refractivity (Wildman–Crippen MR) is 89.0 cm³/mol. The number of hydrogen-bond acceptors (Lipinski definition) is 2. The minimum atomic E-state index is -0.428. The molecule has 0 saturated carbocycles. The normalized spacial score (nSPS) is 20.8. The second kappa shape index (κ2) is 5.31. The smallest absolute Gasteiger partial charge is 0.399 e. The van der Waals surface area contributed by atoms with E-state index < -0.39 is 7.12 Å². The zero-order valence-corrected chi connectivity index (χ0v) is 15.2. The Hall–Kier alpha value is -0.0251. The fraction of sp³-hybridized carbons (Fsp3) is 0.600. The molecule has 1 fully saturated rings. The molecule has 2 nitrogen and oxygen atoms in total. The van der Waals surface area contributed by atoms with Crippen molar-refractivity contribution in [2.75, 3.05) is 0 Å². The van der Waals surface area contributed by atoms with Crippen LogP contribution in [-0.4, -0.2) is 18.3 Å². The summed E-state index contributed by atoms with van der Waals surface area (Å²) >= 11 is 9.96. The molecule has 0 radical (unpaired) electrons. The summed E-state index contributed by atoms with van der Waals surface area (Å²) in [6.45, 7) is 12.5. The van der Waals surface area contributed by atoms with Crippen LogP contribution < -0.4 is 5.46 Å². The minimum Gasteiger partial charge on any atom is -0.399 e. The van der Waals surface area contributed by atoms with E-state index in [9.17, 15) is 0 Å². The van der Waals surface area contributed by atoms with E-state index in [-0.39, 0.29) is 11.2 Å². The Labute approximate surface area is 135 Å². The van der Waals surface area contributed by atoms with Crippen LogP contribution in [0.4, 0.5) is 0 Å². The maximum atomic E-state index is 6.43. The predicted octanol–water partition coefficient (Wildman–Crippen LogP) is 4.53. The van der Waals surface area contributed by atoms with Crippen LogP contribution >= 0.6 is 27.5 Å². The second-order valence-corrected chi connectivity index (χ2v) is 7.88. The van der Waals surface area contributed by atoms with Crippen molar-refractivity contribution >= 4 is 40.1 Å². The summed E-state index contributed by atoms with van der Waals surface area (Å²) in [5, 5.41) is 0.660. The molecule has 20 heavy (non-hydrogen) atoms. The first kappa shape index (κ1) is 16.3. The van der Waals surface area contributed by atoms with E-state index in [0.29, 0.717) is 10.9 Å². The Kier molecular flexibility index (Phi) is 4.34. The summed E-state index contributed by atoms with van der Waals surface area (Å²) in [6, 6.07) is 4.14. The molecule has 0 aliphatic carbocycles. The van der Waals surface area contributed by atoms with Crippen molar-refractivity contribution in [3.63, 3.8) is 0 Å². The number of halogens is 2. The zero-order valence-electron chi connectivity index (χ0n) is 12.9. The molecule has 0 bridgehead atoms. The topological polar surface area (TPSA) is 18.5 Å². The summed E-state index contributed by atoms with van der Waals surface area (Å²) < 4.78 is 13.1. The maximum Gasteiger partial charge on any atom is 0.496 e. The molecular weight excluding hydrogens is 338 g/mol. The van der Waals surface area contributed by atoms with E-state index in [1.807, 2.05) is 27.7 Å². The van der Waals surface area contributed by atoms with Crippen LogP contribution in [0.3, 0.4) is 0 Å². The van der Waals surface area contributed by atoms with Crippen LogP contribution in [0.15, 0.2) is 16.6 Å². The molecule has 1 heterocycles. The lowest BCUT2D eigenvalue weighted by Crippen LogP contribution is -2.41. The van der Waals surface area contributed by atoms with Crippen LogP contribution in [-0.2, 0) is 9.31 Å². The lowest BCUT2D eigenvalue weighted by Gasteiger charge is -2.32. The summed E-state index contributed by atoms with van der Waals surface area (Å²) in [7, 11) is -0.428. The highest BCUT2D eigenvalue weighted by atomic mass is 79.9. The van der Waals surface area contributed by atoms with Gasteiger partial charge in [0.15, 0.2) is 0 Å². The third-order valence-corrected chi connectivity index (χ3v) is 5.53. The molecule has 2 rings (SSSR count). The minimum absolute atomic E-state index is 0.360. The standard InChI is InChI=1S/C15H21BBrClO2/c1-9(2)10-7-11(13(18)12(17)8-10)16-19-14(3,4)15(5,6)20-16/h7-9H,1-6H3. The number of benzene rings is 1. The van der Waals surface area contributed by atoms with Gasteiger partial charge in [0.25, 0.3) is 0 Å². The van der Waals surface area contributed by atoms with E-state index in [0.717, 1.165) is 9.94 Å². The van der Waals surface area contributed by atoms with Crippen molar-refractivity contribution in [3.8, 4) is 0 Å². The number of rotatable bonds is 2. The first-order valence-electron chi connectivity index (χ1n) is 6.89.